The van der Waals surface area contributed by atoms with Crippen molar-refractivity contribution in [2.75, 3.05) is 6.54 Å². The van der Waals surface area contributed by atoms with Crippen LogP contribution in [0.3, 0.4) is 0 Å². The first-order chi connectivity index (χ1) is 10.8. The van der Waals surface area contributed by atoms with Gasteiger partial charge in [-0.1, -0.05) is 103 Å². The number of rotatable bonds is 17. The maximum absolute atomic E-state index is 10.1. The van der Waals surface area contributed by atoms with Gasteiger partial charge < -0.3 is 21.4 Å². The highest BCUT2D eigenvalue weighted by molar-refractivity contribution is 5.61. The van der Waals surface area contributed by atoms with Gasteiger partial charge in [-0.15, -0.1) is 0 Å². The lowest BCUT2D eigenvalue weighted by atomic mass is 10.0. The standard InChI is InChI=1S/C19H39NO2.H3N/c1-2-3-4-5-6-7-8-9-10-11-12-13-14-15-16-17-18-20-19(21)22;/h20H,2-18H2,1H3,(H,21,22);1H3. The van der Waals surface area contributed by atoms with E-state index >= 15 is 0 Å². The number of unbranched alkanes of at least 4 members (excludes halogenated alkanes) is 15. The van der Waals surface area contributed by atoms with E-state index in [9.17, 15) is 9.90 Å². The minimum absolute atomic E-state index is 0. The number of carbonyl (C=O) groups is 1. The second-order valence-corrected chi connectivity index (χ2v) is 6.52. The lowest BCUT2D eigenvalue weighted by Crippen LogP contribution is -2.36. The molecule has 0 atom stereocenters. The van der Waals surface area contributed by atoms with Gasteiger partial charge in [-0.3, -0.25) is 0 Å². The molecule has 4 heteroatoms. The fourth-order valence-corrected chi connectivity index (χ4v) is 2.86. The topological polar surface area (TPSA) is 88.7 Å². The predicted molar refractivity (Wildman–Crippen MR) is 98.9 cm³/mol. The summed E-state index contributed by atoms with van der Waals surface area (Å²) in [5.41, 5.74) is 0. The number of amides is 1. The summed E-state index contributed by atoms with van der Waals surface area (Å²) in [6.45, 7) is 2.81. The molecule has 0 saturated carbocycles. The molecular weight excluding hydrogens is 288 g/mol. The van der Waals surface area contributed by atoms with Crippen molar-refractivity contribution in [1.29, 1.82) is 0 Å². The van der Waals surface area contributed by atoms with Crippen molar-refractivity contribution in [3.8, 4) is 0 Å². The molecule has 4 nitrogen and oxygen atoms in total. The molecule has 0 aromatic carbocycles. The van der Waals surface area contributed by atoms with Gasteiger partial charge in [-0.05, 0) is 6.42 Å². The van der Waals surface area contributed by atoms with Crippen molar-refractivity contribution >= 4 is 6.09 Å². The number of quaternary nitrogens is 1. The Morgan fingerprint density at radius 2 is 0.957 bits per heavy atom. The minimum atomic E-state index is -1.15. The summed E-state index contributed by atoms with van der Waals surface area (Å²) < 4.78 is 0. The molecule has 0 spiro atoms. The largest absolute Gasteiger partial charge is 0.530 e. The highest BCUT2D eigenvalue weighted by atomic mass is 16.4. The third-order valence-corrected chi connectivity index (χ3v) is 4.30. The van der Waals surface area contributed by atoms with E-state index < -0.39 is 6.09 Å². The van der Waals surface area contributed by atoms with E-state index in [0.29, 0.717) is 6.54 Å². The molecule has 23 heavy (non-hydrogen) atoms. The van der Waals surface area contributed by atoms with Crippen LogP contribution >= 0.6 is 0 Å². The lowest BCUT2D eigenvalue weighted by Gasteiger charge is -2.06. The fraction of sp³-hybridized carbons (Fsp3) is 0.947. The summed E-state index contributed by atoms with van der Waals surface area (Å²) >= 11 is 0. The fourth-order valence-electron chi connectivity index (χ4n) is 2.86. The van der Waals surface area contributed by atoms with Gasteiger partial charge in [0.15, 0.2) is 0 Å². The summed E-state index contributed by atoms with van der Waals surface area (Å²) in [6, 6.07) is 0. The van der Waals surface area contributed by atoms with Crippen LogP contribution in [0.25, 0.3) is 0 Å². The van der Waals surface area contributed by atoms with Gasteiger partial charge in [0.2, 0.25) is 0 Å². The molecular formula is C19H42N2O2. The lowest BCUT2D eigenvalue weighted by molar-refractivity contribution is -0.250. The van der Waals surface area contributed by atoms with Crippen molar-refractivity contribution in [2.45, 2.75) is 110 Å². The van der Waals surface area contributed by atoms with Crippen LogP contribution < -0.4 is 16.6 Å². The first kappa shape index (κ1) is 24.5. The zero-order chi connectivity index (χ0) is 16.3. The molecule has 0 bridgehead atoms. The van der Waals surface area contributed by atoms with Crippen molar-refractivity contribution in [2.24, 2.45) is 0 Å². The van der Waals surface area contributed by atoms with Crippen LogP contribution in [0.1, 0.15) is 110 Å². The summed E-state index contributed by atoms with van der Waals surface area (Å²) in [6.07, 6.45) is 20.3. The zero-order valence-corrected chi connectivity index (χ0v) is 15.8. The monoisotopic (exact) mass is 330 g/mol. The Morgan fingerprint density at radius 1 is 0.652 bits per heavy atom. The molecule has 0 aromatic heterocycles. The second-order valence-electron chi connectivity index (χ2n) is 6.52. The second kappa shape index (κ2) is 21.2. The summed E-state index contributed by atoms with van der Waals surface area (Å²) in [5, 5.41) is 12.4. The molecule has 140 valence electrons. The van der Waals surface area contributed by atoms with Crippen LogP contribution in [0.5, 0.6) is 0 Å². The summed E-state index contributed by atoms with van der Waals surface area (Å²) in [7, 11) is 0. The molecule has 0 fully saturated rings. The molecule has 0 aromatic rings. The molecule has 0 heterocycles. The van der Waals surface area contributed by atoms with E-state index in [4.69, 9.17) is 0 Å². The maximum Gasteiger partial charge on any atom is 0.134 e. The Labute approximate surface area is 144 Å². The first-order valence-electron chi connectivity index (χ1n) is 9.72. The van der Waals surface area contributed by atoms with Crippen LogP contribution in [-0.2, 0) is 0 Å². The maximum atomic E-state index is 10.1. The molecule has 0 aliphatic rings. The Balaban J connectivity index is 0. The van der Waals surface area contributed by atoms with E-state index in [0.717, 1.165) is 12.8 Å². The van der Waals surface area contributed by atoms with Crippen LogP contribution in [0.2, 0.25) is 0 Å². The molecule has 0 rings (SSSR count). The number of hydrogen-bond acceptors (Lipinski definition) is 2. The van der Waals surface area contributed by atoms with Crippen molar-refractivity contribution < 1.29 is 9.90 Å². The molecule has 0 radical (unpaired) electrons. The van der Waals surface area contributed by atoms with Gasteiger partial charge >= 0.3 is 0 Å². The van der Waals surface area contributed by atoms with Gasteiger partial charge in [0.25, 0.3) is 0 Å². The Morgan fingerprint density at radius 3 is 1.26 bits per heavy atom. The molecule has 1 amide bonds. The Kier molecular flexibility index (Phi) is 22.6. The van der Waals surface area contributed by atoms with Crippen molar-refractivity contribution in [3.63, 3.8) is 0 Å². The van der Waals surface area contributed by atoms with E-state index in [2.05, 4.69) is 12.2 Å². The van der Waals surface area contributed by atoms with Crippen molar-refractivity contribution in [3.05, 3.63) is 0 Å². The van der Waals surface area contributed by atoms with Gasteiger partial charge in [0.1, 0.15) is 6.09 Å². The van der Waals surface area contributed by atoms with Crippen molar-refractivity contribution in [1.82, 2.24) is 11.5 Å². The molecule has 0 unspecified atom stereocenters. The first-order valence-corrected chi connectivity index (χ1v) is 9.72. The van der Waals surface area contributed by atoms with Gasteiger partial charge in [0.05, 0.1) is 0 Å². The quantitative estimate of drug-likeness (QED) is 0.342. The van der Waals surface area contributed by atoms with E-state index in [1.165, 1.54) is 89.9 Å². The number of carbonyl (C=O) groups excluding carboxylic acids is 1. The summed E-state index contributed by atoms with van der Waals surface area (Å²) in [5.74, 6) is 0. The number of carboxylic acid groups (broad SMARTS) is 1. The van der Waals surface area contributed by atoms with Crippen LogP contribution in [0.4, 0.5) is 4.79 Å². The van der Waals surface area contributed by atoms with Crippen LogP contribution in [-0.4, -0.2) is 12.6 Å². The SMILES string of the molecule is CCCCCCCCCCCCCCCCCCNC(=O)[O-].[NH4+]. The highest BCUT2D eigenvalue weighted by Gasteiger charge is 1.94. The predicted octanol–water partition coefficient (Wildman–Crippen LogP) is 5.56. The Hall–Kier alpha value is -0.770. The van der Waals surface area contributed by atoms with Crippen LogP contribution in [0, 0.1) is 0 Å². The minimum Gasteiger partial charge on any atom is -0.530 e. The van der Waals surface area contributed by atoms with Gasteiger partial charge in [-0.25, -0.2) is 0 Å². The summed E-state index contributed by atoms with van der Waals surface area (Å²) in [4.78, 5) is 10.1. The molecule has 0 aliphatic carbocycles. The molecule has 0 saturated heterocycles. The molecule has 5 N–H and O–H groups in total. The van der Waals surface area contributed by atoms with E-state index in [1.807, 2.05) is 0 Å². The highest BCUT2D eigenvalue weighted by Crippen LogP contribution is 2.13. The number of hydrogen-bond donors (Lipinski definition) is 2. The average Bonchev–Trinajstić information content (AvgIpc) is 2.50. The average molecular weight is 331 g/mol. The van der Waals surface area contributed by atoms with E-state index in [-0.39, 0.29) is 6.15 Å². The smallest absolute Gasteiger partial charge is 0.134 e. The third-order valence-electron chi connectivity index (χ3n) is 4.30. The van der Waals surface area contributed by atoms with Crippen LogP contribution in [0.15, 0.2) is 0 Å². The normalized spacial score (nSPS) is 10.3. The number of nitrogens with one attached hydrogen (secondary N) is 1. The third kappa shape index (κ3) is 23.6. The Bertz CT molecular complexity index is 235. The zero-order valence-electron chi connectivity index (χ0n) is 15.8. The van der Waals surface area contributed by atoms with Gasteiger partial charge in [0, 0.05) is 6.54 Å². The molecule has 0 aliphatic heterocycles. The van der Waals surface area contributed by atoms with Gasteiger partial charge in [-0.2, -0.15) is 0 Å². The van der Waals surface area contributed by atoms with E-state index in [1.54, 1.807) is 0 Å².